The summed E-state index contributed by atoms with van der Waals surface area (Å²) in [6.45, 7) is 4.95. The van der Waals surface area contributed by atoms with Gasteiger partial charge < -0.3 is 14.7 Å². The number of carbonyl (C=O) groups is 1. The molecule has 3 aromatic rings. The highest BCUT2D eigenvalue weighted by Crippen LogP contribution is 2.25. The molecule has 2 aliphatic heterocycles. The lowest BCUT2D eigenvalue weighted by Gasteiger charge is -2.40. The minimum atomic E-state index is 0.0219. The highest BCUT2D eigenvalue weighted by atomic mass is 16.2. The van der Waals surface area contributed by atoms with E-state index in [-0.39, 0.29) is 11.8 Å². The third-order valence-corrected chi connectivity index (χ3v) is 6.43. The van der Waals surface area contributed by atoms with E-state index in [1.165, 1.54) is 5.69 Å². The maximum absolute atomic E-state index is 13.3. The number of anilines is 2. The van der Waals surface area contributed by atoms with Crippen LogP contribution in [0, 0.1) is 5.92 Å². The molecule has 1 unspecified atom stereocenters. The summed E-state index contributed by atoms with van der Waals surface area (Å²) in [5.41, 5.74) is 3.06. The molecule has 4 heterocycles. The van der Waals surface area contributed by atoms with Crippen molar-refractivity contribution in [3.8, 4) is 11.3 Å². The summed E-state index contributed by atoms with van der Waals surface area (Å²) in [4.78, 5) is 23.9. The molecule has 2 saturated heterocycles. The van der Waals surface area contributed by atoms with E-state index in [2.05, 4.69) is 49.2 Å². The Labute approximate surface area is 188 Å². The van der Waals surface area contributed by atoms with Gasteiger partial charge in [0.05, 0.1) is 11.6 Å². The number of amides is 1. The van der Waals surface area contributed by atoms with E-state index in [4.69, 9.17) is 0 Å². The number of para-hydroxylation sites is 1. The van der Waals surface area contributed by atoms with Crippen molar-refractivity contribution >= 4 is 17.4 Å². The number of piperidine rings is 1. The van der Waals surface area contributed by atoms with Gasteiger partial charge in [0.15, 0.2) is 5.82 Å². The molecule has 164 valence electrons. The second kappa shape index (κ2) is 9.34. The molecule has 7 nitrogen and oxygen atoms in total. The molecular weight excluding hydrogens is 400 g/mol. The van der Waals surface area contributed by atoms with Crippen molar-refractivity contribution in [1.29, 1.82) is 0 Å². The Morgan fingerprint density at radius 1 is 0.812 bits per heavy atom. The van der Waals surface area contributed by atoms with E-state index in [1.807, 2.05) is 35.2 Å². The van der Waals surface area contributed by atoms with Crippen molar-refractivity contribution in [3.05, 3.63) is 67.0 Å². The number of hydrogen-bond acceptors (Lipinski definition) is 6. The average Bonchev–Trinajstić information content (AvgIpc) is 2.89. The van der Waals surface area contributed by atoms with Gasteiger partial charge in [-0.2, -0.15) is 0 Å². The second-order valence-corrected chi connectivity index (χ2v) is 8.45. The third kappa shape index (κ3) is 4.42. The van der Waals surface area contributed by atoms with Crippen LogP contribution in [0.15, 0.2) is 67.0 Å². The standard InChI is InChI=1S/C25H28N6O/c32-25(30-17-15-29(16-18-30)22-6-2-1-3-7-22)21-5-4-14-31(19-21)24-9-8-23(27-28-24)20-10-12-26-13-11-20/h1-3,6-13,21H,4-5,14-19H2. The Morgan fingerprint density at radius 3 is 2.31 bits per heavy atom. The normalized spacial score (nSPS) is 19.1. The first-order chi connectivity index (χ1) is 15.8. The number of hydrogen-bond donors (Lipinski definition) is 0. The van der Waals surface area contributed by atoms with Gasteiger partial charge in [-0.15, -0.1) is 10.2 Å². The van der Waals surface area contributed by atoms with E-state index in [1.54, 1.807) is 12.4 Å². The minimum absolute atomic E-state index is 0.0219. The van der Waals surface area contributed by atoms with Crippen LogP contribution < -0.4 is 9.80 Å². The number of nitrogens with zero attached hydrogens (tertiary/aromatic N) is 6. The average molecular weight is 429 g/mol. The number of rotatable bonds is 4. The fourth-order valence-electron chi connectivity index (χ4n) is 4.64. The maximum Gasteiger partial charge on any atom is 0.227 e. The molecule has 2 aromatic heterocycles. The molecule has 2 fully saturated rings. The molecule has 0 N–H and O–H groups in total. The number of benzene rings is 1. The first-order valence-corrected chi connectivity index (χ1v) is 11.4. The highest BCUT2D eigenvalue weighted by Gasteiger charge is 2.31. The van der Waals surface area contributed by atoms with Crippen LogP contribution in [0.4, 0.5) is 11.5 Å². The number of carbonyl (C=O) groups excluding carboxylic acids is 1. The monoisotopic (exact) mass is 428 g/mol. The van der Waals surface area contributed by atoms with Crippen LogP contribution in [0.5, 0.6) is 0 Å². The number of pyridine rings is 1. The first-order valence-electron chi connectivity index (χ1n) is 11.4. The third-order valence-electron chi connectivity index (χ3n) is 6.43. The maximum atomic E-state index is 13.3. The number of piperazine rings is 1. The van der Waals surface area contributed by atoms with Gasteiger partial charge in [0.25, 0.3) is 0 Å². The van der Waals surface area contributed by atoms with Crippen LogP contribution in [-0.2, 0) is 4.79 Å². The molecule has 1 atom stereocenters. The molecule has 0 aliphatic carbocycles. The molecule has 0 spiro atoms. The van der Waals surface area contributed by atoms with Crippen LogP contribution >= 0.6 is 0 Å². The summed E-state index contributed by atoms with van der Waals surface area (Å²) in [5.74, 6) is 1.15. The molecule has 32 heavy (non-hydrogen) atoms. The van der Waals surface area contributed by atoms with E-state index >= 15 is 0 Å². The Balaban J connectivity index is 1.19. The highest BCUT2D eigenvalue weighted by molar-refractivity contribution is 5.80. The lowest BCUT2D eigenvalue weighted by molar-refractivity contribution is -0.136. The van der Waals surface area contributed by atoms with Crippen LogP contribution in [0.3, 0.4) is 0 Å². The van der Waals surface area contributed by atoms with E-state index in [9.17, 15) is 4.79 Å². The summed E-state index contributed by atoms with van der Waals surface area (Å²) in [6, 6.07) is 18.3. The van der Waals surface area contributed by atoms with E-state index in [0.717, 1.165) is 62.6 Å². The Bertz CT molecular complexity index is 1020. The largest absolute Gasteiger partial charge is 0.368 e. The van der Waals surface area contributed by atoms with Crippen LogP contribution in [0.25, 0.3) is 11.3 Å². The Morgan fingerprint density at radius 2 is 1.59 bits per heavy atom. The van der Waals surface area contributed by atoms with Gasteiger partial charge in [0, 0.05) is 62.9 Å². The van der Waals surface area contributed by atoms with E-state index < -0.39 is 0 Å². The van der Waals surface area contributed by atoms with Crippen molar-refractivity contribution in [2.24, 2.45) is 5.92 Å². The van der Waals surface area contributed by atoms with Gasteiger partial charge in [-0.05, 0) is 49.2 Å². The van der Waals surface area contributed by atoms with Crippen molar-refractivity contribution < 1.29 is 4.79 Å². The molecule has 0 saturated carbocycles. The summed E-state index contributed by atoms with van der Waals surface area (Å²) in [7, 11) is 0. The van der Waals surface area contributed by atoms with Crippen LogP contribution in [0.2, 0.25) is 0 Å². The summed E-state index contributed by atoms with van der Waals surface area (Å²) in [6.07, 6.45) is 5.45. The van der Waals surface area contributed by atoms with Gasteiger partial charge in [0.1, 0.15) is 0 Å². The molecule has 0 radical (unpaired) electrons. The smallest absolute Gasteiger partial charge is 0.227 e. The Hall–Kier alpha value is -3.48. The summed E-state index contributed by atoms with van der Waals surface area (Å²) >= 11 is 0. The fourth-order valence-corrected chi connectivity index (χ4v) is 4.64. The van der Waals surface area contributed by atoms with Gasteiger partial charge in [0.2, 0.25) is 5.91 Å². The fraction of sp³-hybridized carbons (Fsp3) is 0.360. The molecular formula is C25H28N6O. The van der Waals surface area contributed by atoms with Gasteiger partial charge in [-0.1, -0.05) is 18.2 Å². The summed E-state index contributed by atoms with van der Waals surface area (Å²) < 4.78 is 0. The first kappa shape index (κ1) is 20.4. The lowest BCUT2D eigenvalue weighted by Crippen LogP contribution is -2.52. The second-order valence-electron chi connectivity index (χ2n) is 8.45. The quantitative estimate of drug-likeness (QED) is 0.636. The van der Waals surface area contributed by atoms with Crippen LogP contribution in [-0.4, -0.2) is 65.3 Å². The molecule has 5 rings (SSSR count). The molecule has 1 aromatic carbocycles. The zero-order chi connectivity index (χ0) is 21.8. The topological polar surface area (TPSA) is 65.5 Å². The van der Waals surface area contributed by atoms with Gasteiger partial charge in [-0.3, -0.25) is 9.78 Å². The van der Waals surface area contributed by atoms with Crippen molar-refractivity contribution in [2.75, 3.05) is 49.1 Å². The van der Waals surface area contributed by atoms with Crippen molar-refractivity contribution in [1.82, 2.24) is 20.1 Å². The molecule has 1 amide bonds. The molecule has 2 aliphatic rings. The molecule has 7 heteroatoms. The van der Waals surface area contributed by atoms with Crippen molar-refractivity contribution in [3.63, 3.8) is 0 Å². The van der Waals surface area contributed by atoms with E-state index in [0.29, 0.717) is 6.54 Å². The Kier molecular flexibility index (Phi) is 5.96. The molecule has 0 bridgehead atoms. The SMILES string of the molecule is O=C(C1CCCN(c2ccc(-c3ccncc3)nn2)C1)N1CCN(c2ccccc2)CC1. The predicted octanol–water partition coefficient (Wildman–Crippen LogP) is 3.10. The van der Waals surface area contributed by atoms with Gasteiger partial charge >= 0.3 is 0 Å². The van der Waals surface area contributed by atoms with Gasteiger partial charge in [-0.25, -0.2) is 0 Å². The van der Waals surface area contributed by atoms with Crippen molar-refractivity contribution in [2.45, 2.75) is 12.8 Å². The lowest BCUT2D eigenvalue weighted by atomic mass is 9.96. The predicted molar refractivity (Wildman–Crippen MR) is 125 cm³/mol. The van der Waals surface area contributed by atoms with Crippen LogP contribution in [0.1, 0.15) is 12.8 Å². The number of aromatic nitrogens is 3. The minimum Gasteiger partial charge on any atom is -0.368 e. The zero-order valence-corrected chi connectivity index (χ0v) is 18.2. The zero-order valence-electron chi connectivity index (χ0n) is 18.2. The summed E-state index contributed by atoms with van der Waals surface area (Å²) in [5, 5.41) is 8.85.